The number of amides is 1. The second kappa shape index (κ2) is 11.5. The number of halogens is 6. The molecular weight excluding hydrogens is 485 g/mol. The van der Waals surface area contributed by atoms with Gasteiger partial charge in [0.2, 0.25) is 5.91 Å². The van der Waals surface area contributed by atoms with Gasteiger partial charge in [0.25, 0.3) is 0 Å². The van der Waals surface area contributed by atoms with Gasteiger partial charge in [-0.3, -0.25) is 15.1 Å². The van der Waals surface area contributed by atoms with E-state index < -0.39 is 29.2 Å². The third kappa shape index (κ3) is 7.76. The van der Waals surface area contributed by atoms with E-state index in [0.29, 0.717) is 37.3 Å². The quantitative estimate of drug-likeness (QED) is 0.151. The highest BCUT2D eigenvalue weighted by atomic mass is 35.5. The van der Waals surface area contributed by atoms with Gasteiger partial charge in [-0.05, 0) is 56.8 Å². The van der Waals surface area contributed by atoms with Gasteiger partial charge >= 0.3 is 6.18 Å². The fourth-order valence-corrected chi connectivity index (χ4v) is 3.41. The van der Waals surface area contributed by atoms with E-state index in [4.69, 9.17) is 34.3 Å². The first-order valence-corrected chi connectivity index (χ1v) is 10.5. The summed E-state index contributed by atoms with van der Waals surface area (Å²) in [5.41, 5.74) is 3.90. The van der Waals surface area contributed by atoms with Gasteiger partial charge in [0.15, 0.2) is 0 Å². The third-order valence-corrected chi connectivity index (χ3v) is 5.53. The van der Waals surface area contributed by atoms with E-state index >= 15 is 0 Å². The van der Waals surface area contributed by atoms with Crippen LogP contribution < -0.4 is 16.4 Å². The van der Waals surface area contributed by atoms with E-state index in [1.54, 1.807) is 0 Å². The average Bonchev–Trinajstić information content (AvgIpc) is 2.74. The van der Waals surface area contributed by atoms with Crippen LogP contribution in [0, 0.1) is 11.2 Å². The van der Waals surface area contributed by atoms with Gasteiger partial charge in [-0.25, -0.2) is 4.39 Å². The molecule has 1 amide bonds. The summed E-state index contributed by atoms with van der Waals surface area (Å²) in [5, 5.41) is 13.4. The molecule has 2 aromatic carbocycles. The molecule has 0 radical (unpaired) electrons. The monoisotopic (exact) mass is 507 g/mol. The third-order valence-electron chi connectivity index (χ3n) is 4.68. The Morgan fingerprint density at radius 2 is 1.88 bits per heavy atom. The molecule has 5 N–H and O–H groups in total. The van der Waals surface area contributed by atoms with Crippen molar-refractivity contribution >= 4 is 46.2 Å². The van der Waals surface area contributed by atoms with Crippen LogP contribution >= 0.6 is 23.2 Å². The van der Waals surface area contributed by atoms with Gasteiger partial charge in [0.1, 0.15) is 11.5 Å². The molecule has 2 aromatic rings. The topological polar surface area (TPSA) is 94.2 Å². The minimum atomic E-state index is -4.84. The zero-order chi connectivity index (χ0) is 24.8. The van der Waals surface area contributed by atoms with Crippen LogP contribution in [-0.2, 0) is 11.2 Å². The molecule has 6 nitrogen and oxygen atoms in total. The molecule has 0 atom stereocenters. The molecule has 0 spiro atoms. The van der Waals surface area contributed by atoms with Crippen LogP contribution in [0.1, 0.15) is 17.5 Å². The molecule has 0 saturated carbocycles. The van der Waals surface area contributed by atoms with Crippen LogP contribution in [0.25, 0.3) is 0 Å². The summed E-state index contributed by atoms with van der Waals surface area (Å²) < 4.78 is 52.9. The standard InChI is InChI=1S/C21H23Cl2F4N5O/c1-32(8-2-3-13-16(24)7-6-15(22)19(13)23)11-31-12-4-5-14(20(29)21(25,26)27)17(9-12)30-10-18(28)33/h4-7,9,29-31H,2-3,8,10-11H2,1H3,(H2,28,33). The van der Waals surface area contributed by atoms with Crippen molar-refractivity contribution < 1.29 is 22.4 Å². The van der Waals surface area contributed by atoms with Gasteiger partial charge in [-0.1, -0.05) is 23.2 Å². The summed E-state index contributed by atoms with van der Waals surface area (Å²) >= 11 is 12.0. The maximum absolute atomic E-state index is 13.9. The summed E-state index contributed by atoms with van der Waals surface area (Å²) in [6, 6.07) is 6.58. The second-order valence-electron chi connectivity index (χ2n) is 7.29. The zero-order valence-electron chi connectivity index (χ0n) is 17.6. The molecule has 2 rings (SSSR count). The SMILES string of the molecule is CN(CCCc1c(F)ccc(Cl)c1Cl)CNc1ccc(C(=N)C(F)(F)F)c(NCC(N)=O)c1. The fraction of sp³-hybridized carbons (Fsp3) is 0.333. The van der Waals surface area contributed by atoms with Crippen LogP contribution in [0.2, 0.25) is 10.0 Å². The van der Waals surface area contributed by atoms with Crippen molar-refractivity contribution in [3.8, 4) is 0 Å². The van der Waals surface area contributed by atoms with Gasteiger partial charge in [0.05, 0.1) is 23.3 Å². The number of hydrogen-bond donors (Lipinski definition) is 4. The van der Waals surface area contributed by atoms with Crippen molar-refractivity contribution in [1.82, 2.24) is 4.90 Å². The normalized spacial score (nSPS) is 11.5. The number of rotatable bonds is 11. The first kappa shape index (κ1) is 26.7. The predicted octanol–water partition coefficient (Wildman–Crippen LogP) is 4.89. The van der Waals surface area contributed by atoms with Crippen LogP contribution in [0.15, 0.2) is 30.3 Å². The number of alkyl halides is 3. The lowest BCUT2D eigenvalue weighted by atomic mass is 10.1. The summed E-state index contributed by atoms with van der Waals surface area (Å²) in [5.74, 6) is -1.18. The Kier molecular flexibility index (Phi) is 9.33. The fourth-order valence-electron chi connectivity index (χ4n) is 2.98. The molecule has 0 heterocycles. The number of carbonyl (C=O) groups is 1. The zero-order valence-corrected chi connectivity index (χ0v) is 19.1. The highest BCUT2D eigenvalue weighted by Gasteiger charge is 2.36. The Morgan fingerprint density at radius 3 is 2.52 bits per heavy atom. The van der Waals surface area contributed by atoms with E-state index in [0.717, 1.165) is 6.07 Å². The average molecular weight is 508 g/mol. The van der Waals surface area contributed by atoms with Gasteiger partial charge < -0.3 is 16.4 Å². The lowest BCUT2D eigenvalue weighted by Gasteiger charge is -2.20. The molecule has 0 aliphatic carbocycles. The van der Waals surface area contributed by atoms with Crippen molar-refractivity contribution in [1.29, 1.82) is 5.41 Å². The molecule has 12 heteroatoms. The van der Waals surface area contributed by atoms with Gasteiger partial charge in [-0.15, -0.1) is 0 Å². The summed E-state index contributed by atoms with van der Waals surface area (Å²) in [7, 11) is 1.81. The number of nitrogens with zero attached hydrogens (tertiary/aromatic N) is 1. The van der Waals surface area contributed by atoms with Crippen molar-refractivity contribution in [3.63, 3.8) is 0 Å². The minimum absolute atomic E-state index is 0.0464. The van der Waals surface area contributed by atoms with E-state index in [-0.39, 0.29) is 22.3 Å². The Balaban J connectivity index is 1.99. The maximum Gasteiger partial charge on any atom is 0.433 e. The predicted molar refractivity (Wildman–Crippen MR) is 123 cm³/mol. The Labute approximate surface area is 198 Å². The molecule has 0 aromatic heterocycles. The lowest BCUT2D eigenvalue weighted by molar-refractivity contribution is -0.116. The van der Waals surface area contributed by atoms with Crippen molar-refractivity contribution in [3.05, 3.63) is 57.3 Å². The van der Waals surface area contributed by atoms with Crippen molar-refractivity contribution in [2.45, 2.75) is 19.0 Å². The van der Waals surface area contributed by atoms with E-state index in [2.05, 4.69) is 10.6 Å². The number of primary amides is 1. The first-order chi connectivity index (χ1) is 15.4. The van der Waals surface area contributed by atoms with Gasteiger partial charge in [-0.2, -0.15) is 13.2 Å². The number of anilines is 2. The molecule has 0 aliphatic rings. The Hall–Kier alpha value is -2.56. The highest BCUT2D eigenvalue weighted by molar-refractivity contribution is 6.42. The van der Waals surface area contributed by atoms with Crippen LogP contribution in [0.3, 0.4) is 0 Å². The van der Waals surface area contributed by atoms with E-state index in [9.17, 15) is 22.4 Å². The number of nitrogens with two attached hydrogens (primary N) is 1. The minimum Gasteiger partial charge on any atom is -0.376 e. The highest BCUT2D eigenvalue weighted by Crippen LogP contribution is 2.30. The van der Waals surface area contributed by atoms with E-state index in [1.807, 2.05) is 11.9 Å². The molecule has 0 aliphatic heterocycles. The van der Waals surface area contributed by atoms with Crippen LogP contribution in [0.5, 0.6) is 0 Å². The summed E-state index contributed by atoms with van der Waals surface area (Å²) in [4.78, 5) is 12.9. The van der Waals surface area contributed by atoms with Crippen LogP contribution in [-0.4, -0.2) is 49.5 Å². The lowest BCUT2D eigenvalue weighted by Crippen LogP contribution is -2.28. The first-order valence-electron chi connectivity index (χ1n) is 9.77. The van der Waals surface area contributed by atoms with E-state index in [1.165, 1.54) is 24.3 Å². The Morgan fingerprint density at radius 1 is 1.18 bits per heavy atom. The number of hydrogen-bond acceptors (Lipinski definition) is 5. The largest absolute Gasteiger partial charge is 0.433 e. The smallest absolute Gasteiger partial charge is 0.376 e. The summed E-state index contributed by atoms with van der Waals surface area (Å²) in [6.07, 6.45) is -3.88. The van der Waals surface area contributed by atoms with Crippen LogP contribution in [0.4, 0.5) is 28.9 Å². The molecule has 180 valence electrons. The maximum atomic E-state index is 13.9. The van der Waals surface area contributed by atoms with Gasteiger partial charge in [0, 0.05) is 22.5 Å². The Bertz CT molecular complexity index is 1020. The number of carbonyl (C=O) groups excluding carboxylic acids is 1. The van der Waals surface area contributed by atoms with Crippen molar-refractivity contribution in [2.24, 2.45) is 5.73 Å². The number of nitrogens with one attached hydrogen (secondary N) is 3. The second-order valence-corrected chi connectivity index (χ2v) is 8.08. The molecule has 0 saturated heterocycles. The molecule has 0 bridgehead atoms. The molecular formula is C21H23Cl2F4N5O. The summed E-state index contributed by atoms with van der Waals surface area (Å²) in [6.45, 7) is 0.514. The molecule has 33 heavy (non-hydrogen) atoms. The number of benzene rings is 2. The molecule has 0 fully saturated rings. The molecule has 0 unspecified atom stereocenters. The van der Waals surface area contributed by atoms with Crippen molar-refractivity contribution in [2.75, 3.05) is 37.4 Å².